The predicted octanol–water partition coefficient (Wildman–Crippen LogP) is 1.93. The summed E-state index contributed by atoms with van der Waals surface area (Å²) < 4.78 is 1.87. The van der Waals surface area contributed by atoms with Crippen LogP contribution in [0.4, 0.5) is 0 Å². The quantitative estimate of drug-likeness (QED) is 0.815. The predicted molar refractivity (Wildman–Crippen MR) is 104 cm³/mol. The Morgan fingerprint density at radius 2 is 1.89 bits per heavy atom. The molecule has 2 aromatic rings. The molecule has 0 saturated carbocycles. The molecule has 3 heterocycles. The number of hydrogen-bond acceptors (Lipinski definition) is 4. The van der Waals surface area contributed by atoms with Gasteiger partial charge in [0.1, 0.15) is 17.7 Å². The molecule has 2 aliphatic heterocycles. The van der Waals surface area contributed by atoms with Gasteiger partial charge in [-0.15, -0.1) is 0 Å². The van der Waals surface area contributed by atoms with Crippen molar-refractivity contribution in [1.29, 1.82) is 0 Å². The first-order chi connectivity index (χ1) is 13.4. The molecule has 7 heteroatoms. The normalized spacial score (nSPS) is 18.8. The molecule has 1 aromatic heterocycles. The maximum atomic E-state index is 13.5. The second-order valence-corrected chi connectivity index (χ2v) is 8.17. The smallest absolute Gasteiger partial charge is 0.246 e. The lowest BCUT2D eigenvalue weighted by Crippen LogP contribution is -2.55. The Bertz CT molecular complexity index is 904. The van der Waals surface area contributed by atoms with Crippen molar-refractivity contribution >= 4 is 11.8 Å². The molecule has 0 radical (unpaired) electrons. The van der Waals surface area contributed by atoms with Crippen LogP contribution in [0.5, 0.6) is 0 Å². The molecule has 2 amide bonds. The van der Waals surface area contributed by atoms with Gasteiger partial charge in [0, 0.05) is 25.9 Å². The Morgan fingerprint density at radius 1 is 1.14 bits per heavy atom. The van der Waals surface area contributed by atoms with E-state index in [4.69, 9.17) is 0 Å². The zero-order valence-corrected chi connectivity index (χ0v) is 16.8. The van der Waals surface area contributed by atoms with Gasteiger partial charge in [-0.1, -0.05) is 38.1 Å². The van der Waals surface area contributed by atoms with E-state index in [1.165, 1.54) is 0 Å². The zero-order chi connectivity index (χ0) is 19.8. The lowest BCUT2D eigenvalue weighted by molar-refractivity contribution is -0.148. The maximum Gasteiger partial charge on any atom is 0.246 e. The van der Waals surface area contributed by atoms with Gasteiger partial charge in [0.05, 0.1) is 13.1 Å². The van der Waals surface area contributed by atoms with E-state index in [0.717, 1.165) is 22.8 Å². The topological polar surface area (TPSA) is 71.3 Å². The van der Waals surface area contributed by atoms with Crippen molar-refractivity contribution in [3.8, 4) is 0 Å². The van der Waals surface area contributed by atoms with Crippen LogP contribution in [0.15, 0.2) is 24.3 Å². The van der Waals surface area contributed by atoms with E-state index in [9.17, 15) is 9.59 Å². The van der Waals surface area contributed by atoms with Gasteiger partial charge in [-0.25, -0.2) is 9.67 Å². The fourth-order valence-electron chi connectivity index (χ4n) is 4.13. The van der Waals surface area contributed by atoms with Gasteiger partial charge in [0.2, 0.25) is 11.8 Å². The van der Waals surface area contributed by atoms with Crippen LogP contribution < -0.4 is 0 Å². The molecule has 0 N–H and O–H groups in total. The molecule has 4 rings (SSSR count). The van der Waals surface area contributed by atoms with E-state index in [2.05, 4.69) is 22.2 Å². The van der Waals surface area contributed by atoms with Crippen LogP contribution in [0.1, 0.15) is 43.0 Å². The average Bonchev–Trinajstić information content (AvgIpc) is 3.05. The zero-order valence-electron chi connectivity index (χ0n) is 16.8. The second-order valence-electron chi connectivity index (χ2n) is 8.17. The van der Waals surface area contributed by atoms with Crippen molar-refractivity contribution in [1.82, 2.24) is 24.6 Å². The van der Waals surface area contributed by atoms with Gasteiger partial charge in [-0.3, -0.25) is 9.59 Å². The highest BCUT2D eigenvalue weighted by Gasteiger charge is 2.38. The first kappa shape index (κ1) is 18.7. The molecule has 1 atom stereocenters. The number of rotatable bonds is 3. The SMILES string of the molecule is Cc1nc2n(n1)CCN(C(=O)C1Cc3ccccc3CN1C(=O)CC(C)C)C2. The van der Waals surface area contributed by atoms with Crippen molar-refractivity contribution in [2.45, 2.75) is 59.3 Å². The number of carbonyl (C=O) groups is 2. The number of amides is 2. The summed E-state index contributed by atoms with van der Waals surface area (Å²) in [5.41, 5.74) is 2.29. The number of nitrogens with zero attached hydrogens (tertiary/aromatic N) is 5. The Morgan fingerprint density at radius 3 is 2.64 bits per heavy atom. The lowest BCUT2D eigenvalue weighted by atomic mass is 9.92. The molecule has 28 heavy (non-hydrogen) atoms. The third-order valence-electron chi connectivity index (χ3n) is 5.52. The third kappa shape index (κ3) is 3.53. The number of benzene rings is 1. The highest BCUT2D eigenvalue weighted by Crippen LogP contribution is 2.27. The molecule has 2 aliphatic rings. The first-order valence-electron chi connectivity index (χ1n) is 9.97. The molecule has 0 saturated heterocycles. The summed E-state index contributed by atoms with van der Waals surface area (Å²) in [5, 5.41) is 4.37. The van der Waals surface area contributed by atoms with Gasteiger partial charge in [0.25, 0.3) is 0 Å². The van der Waals surface area contributed by atoms with Crippen LogP contribution in [-0.4, -0.2) is 49.0 Å². The molecule has 1 unspecified atom stereocenters. The van der Waals surface area contributed by atoms with E-state index in [1.807, 2.05) is 42.5 Å². The summed E-state index contributed by atoms with van der Waals surface area (Å²) in [6.07, 6.45) is 1.03. The summed E-state index contributed by atoms with van der Waals surface area (Å²) in [4.78, 5) is 34.5. The van der Waals surface area contributed by atoms with Crippen LogP contribution in [-0.2, 0) is 35.6 Å². The summed E-state index contributed by atoms with van der Waals surface area (Å²) >= 11 is 0. The van der Waals surface area contributed by atoms with Crippen LogP contribution in [0.3, 0.4) is 0 Å². The lowest BCUT2D eigenvalue weighted by Gasteiger charge is -2.39. The monoisotopic (exact) mass is 381 g/mol. The molecule has 148 valence electrons. The second kappa shape index (κ2) is 7.37. The van der Waals surface area contributed by atoms with Gasteiger partial charge < -0.3 is 9.80 Å². The Balaban J connectivity index is 1.59. The molecule has 0 fully saturated rings. The third-order valence-corrected chi connectivity index (χ3v) is 5.52. The van der Waals surface area contributed by atoms with Gasteiger partial charge in [-0.05, 0) is 24.0 Å². The van der Waals surface area contributed by atoms with Gasteiger partial charge in [-0.2, -0.15) is 5.10 Å². The van der Waals surface area contributed by atoms with E-state index < -0.39 is 6.04 Å². The number of aryl methyl sites for hydroxylation is 1. The minimum Gasteiger partial charge on any atom is -0.332 e. The summed E-state index contributed by atoms with van der Waals surface area (Å²) in [7, 11) is 0. The van der Waals surface area contributed by atoms with Crippen LogP contribution in [0, 0.1) is 12.8 Å². The molecule has 0 aliphatic carbocycles. The first-order valence-corrected chi connectivity index (χ1v) is 9.97. The van der Waals surface area contributed by atoms with Crippen LogP contribution >= 0.6 is 0 Å². The number of hydrogen-bond donors (Lipinski definition) is 0. The highest BCUT2D eigenvalue weighted by atomic mass is 16.2. The molecule has 0 bridgehead atoms. The summed E-state index contributed by atoms with van der Waals surface area (Å²) in [6, 6.07) is 7.66. The van der Waals surface area contributed by atoms with Gasteiger partial charge in [0.15, 0.2) is 0 Å². The largest absolute Gasteiger partial charge is 0.332 e. The molecule has 7 nitrogen and oxygen atoms in total. The molecule has 0 spiro atoms. The van der Waals surface area contributed by atoms with Gasteiger partial charge >= 0.3 is 0 Å². The Kier molecular flexibility index (Phi) is 4.91. The average molecular weight is 381 g/mol. The van der Waals surface area contributed by atoms with E-state index in [0.29, 0.717) is 39.0 Å². The molecular formula is C21H27N5O2. The Labute approximate surface area is 165 Å². The minimum atomic E-state index is -0.447. The van der Waals surface area contributed by atoms with Crippen molar-refractivity contribution in [3.63, 3.8) is 0 Å². The minimum absolute atomic E-state index is 0.0125. The number of fused-ring (bicyclic) bond motifs is 2. The highest BCUT2D eigenvalue weighted by molar-refractivity contribution is 5.88. The summed E-state index contributed by atoms with van der Waals surface area (Å²) in [6.45, 7) is 8.12. The standard InChI is InChI=1S/C21H27N5O2/c1-14(2)10-20(27)25-12-17-7-5-4-6-16(17)11-18(25)21(28)24-8-9-26-19(13-24)22-15(3)23-26/h4-7,14,18H,8-13H2,1-3H3. The summed E-state index contributed by atoms with van der Waals surface area (Å²) in [5.74, 6) is 1.87. The number of aromatic nitrogens is 3. The van der Waals surface area contributed by atoms with Crippen molar-refractivity contribution in [3.05, 3.63) is 47.0 Å². The van der Waals surface area contributed by atoms with Crippen molar-refractivity contribution in [2.24, 2.45) is 5.92 Å². The fourth-order valence-corrected chi connectivity index (χ4v) is 4.13. The number of carbonyl (C=O) groups excluding carboxylic acids is 2. The van der Waals surface area contributed by atoms with Crippen molar-refractivity contribution < 1.29 is 9.59 Å². The fraction of sp³-hybridized carbons (Fsp3) is 0.524. The van der Waals surface area contributed by atoms with Crippen molar-refractivity contribution in [2.75, 3.05) is 6.54 Å². The molecule has 1 aromatic carbocycles. The van der Waals surface area contributed by atoms with E-state index in [-0.39, 0.29) is 17.7 Å². The van der Waals surface area contributed by atoms with Crippen LogP contribution in [0.25, 0.3) is 0 Å². The molecular weight excluding hydrogens is 354 g/mol. The van der Waals surface area contributed by atoms with Crippen LogP contribution in [0.2, 0.25) is 0 Å². The maximum absolute atomic E-state index is 13.5. The van der Waals surface area contributed by atoms with E-state index in [1.54, 1.807) is 4.90 Å². The van der Waals surface area contributed by atoms with E-state index >= 15 is 0 Å². The Hall–Kier alpha value is -2.70.